The van der Waals surface area contributed by atoms with Crippen molar-refractivity contribution in [2.45, 2.75) is 19.8 Å². The number of fused-ring (bicyclic) bond motifs is 1. The van der Waals surface area contributed by atoms with Gasteiger partial charge in [0.25, 0.3) is 0 Å². The third-order valence-corrected chi connectivity index (χ3v) is 5.93. The third kappa shape index (κ3) is 2.78. The summed E-state index contributed by atoms with van der Waals surface area (Å²) < 4.78 is 38.7. The van der Waals surface area contributed by atoms with E-state index in [4.69, 9.17) is 0 Å². The first-order valence-electron chi connectivity index (χ1n) is 7.31. The molecule has 22 heavy (non-hydrogen) atoms. The summed E-state index contributed by atoms with van der Waals surface area (Å²) in [5.41, 5.74) is 3.62. The normalized spacial score (nSPS) is 16.3. The highest BCUT2D eigenvalue weighted by molar-refractivity contribution is 7.89. The lowest BCUT2D eigenvalue weighted by molar-refractivity contribution is 0.426. The van der Waals surface area contributed by atoms with Crippen molar-refractivity contribution in [2.75, 3.05) is 18.8 Å². The fraction of sp³-hybridized carbons (Fsp3) is 0.400. The number of rotatable bonds is 3. The Labute approximate surface area is 129 Å². The Morgan fingerprint density at radius 3 is 2.59 bits per heavy atom. The van der Waals surface area contributed by atoms with Crippen LogP contribution in [0.15, 0.2) is 24.3 Å². The Hall–Kier alpha value is -1.73. The van der Waals surface area contributed by atoms with Crippen LogP contribution >= 0.6 is 0 Å². The second kappa shape index (κ2) is 5.81. The van der Waals surface area contributed by atoms with Gasteiger partial charge in [-0.25, -0.2) is 17.1 Å². The van der Waals surface area contributed by atoms with Crippen molar-refractivity contribution in [1.82, 2.24) is 14.5 Å². The van der Waals surface area contributed by atoms with Crippen LogP contribution < -0.4 is 0 Å². The molecule has 0 radical (unpaired) electrons. The quantitative estimate of drug-likeness (QED) is 0.939. The van der Waals surface area contributed by atoms with E-state index in [0.717, 1.165) is 22.5 Å². The number of benzene rings is 1. The number of hydrogen-bond donors (Lipinski definition) is 1. The molecule has 118 valence electrons. The number of nitrogens with one attached hydrogen (secondary N) is 1. The molecule has 1 aromatic carbocycles. The van der Waals surface area contributed by atoms with Crippen LogP contribution in [0.25, 0.3) is 11.3 Å². The molecule has 0 aliphatic carbocycles. The molecule has 0 bridgehead atoms. The minimum Gasteiger partial charge on any atom is -0.282 e. The second-order valence-corrected chi connectivity index (χ2v) is 7.59. The fourth-order valence-corrected chi connectivity index (χ4v) is 3.87. The molecule has 1 aliphatic heterocycles. The van der Waals surface area contributed by atoms with Crippen LogP contribution in [0.3, 0.4) is 0 Å². The fourth-order valence-electron chi connectivity index (χ4n) is 2.77. The number of aromatic amines is 1. The first-order valence-corrected chi connectivity index (χ1v) is 8.92. The molecular formula is C15H18FN3O2S. The molecule has 0 spiro atoms. The zero-order chi connectivity index (χ0) is 15.7. The van der Waals surface area contributed by atoms with Crippen molar-refractivity contribution >= 4 is 10.0 Å². The van der Waals surface area contributed by atoms with Gasteiger partial charge in [-0.1, -0.05) is 0 Å². The molecule has 2 aromatic rings. The van der Waals surface area contributed by atoms with Crippen LogP contribution in [0.4, 0.5) is 4.39 Å². The van der Waals surface area contributed by atoms with Crippen LogP contribution in [-0.4, -0.2) is 41.8 Å². The molecule has 2 heterocycles. The maximum absolute atomic E-state index is 13.1. The van der Waals surface area contributed by atoms with Gasteiger partial charge in [0, 0.05) is 36.3 Å². The minimum atomic E-state index is -3.17. The Kier molecular flexibility index (Phi) is 4.01. The van der Waals surface area contributed by atoms with E-state index in [1.807, 2.05) is 0 Å². The van der Waals surface area contributed by atoms with Gasteiger partial charge in [0.1, 0.15) is 5.82 Å². The second-order valence-electron chi connectivity index (χ2n) is 5.34. The molecule has 1 N–H and O–H groups in total. The van der Waals surface area contributed by atoms with Crippen molar-refractivity contribution in [3.8, 4) is 11.3 Å². The van der Waals surface area contributed by atoms with E-state index < -0.39 is 10.0 Å². The SMILES string of the molecule is CCS(=O)(=O)N1CCc2[nH]nc(-c3ccc(F)cc3)c2CC1. The van der Waals surface area contributed by atoms with E-state index in [2.05, 4.69) is 10.2 Å². The van der Waals surface area contributed by atoms with E-state index in [0.29, 0.717) is 25.9 Å². The van der Waals surface area contributed by atoms with Crippen molar-refractivity contribution in [2.24, 2.45) is 0 Å². The Morgan fingerprint density at radius 1 is 1.23 bits per heavy atom. The molecule has 0 saturated heterocycles. The maximum Gasteiger partial charge on any atom is 0.213 e. The maximum atomic E-state index is 13.1. The first-order chi connectivity index (χ1) is 10.5. The van der Waals surface area contributed by atoms with Gasteiger partial charge in [0.05, 0.1) is 11.4 Å². The zero-order valence-electron chi connectivity index (χ0n) is 12.3. The molecule has 5 nitrogen and oxygen atoms in total. The van der Waals surface area contributed by atoms with Crippen LogP contribution in [0.2, 0.25) is 0 Å². The summed E-state index contributed by atoms with van der Waals surface area (Å²) in [5, 5.41) is 7.34. The summed E-state index contributed by atoms with van der Waals surface area (Å²) in [6.07, 6.45) is 1.22. The number of aromatic nitrogens is 2. The summed E-state index contributed by atoms with van der Waals surface area (Å²) >= 11 is 0. The third-order valence-electron chi connectivity index (χ3n) is 4.05. The van der Waals surface area contributed by atoms with Gasteiger partial charge in [-0.2, -0.15) is 5.10 Å². The summed E-state index contributed by atoms with van der Waals surface area (Å²) in [7, 11) is -3.17. The molecule has 3 rings (SSSR count). The Bertz CT molecular complexity index is 769. The van der Waals surface area contributed by atoms with E-state index in [9.17, 15) is 12.8 Å². The molecule has 0 atom stereocenters. The van der Waals surface area contributed by atoms with Crippen molar-refractivity contribution in [3.05, 3.63) is 41.3 Å². The topological polar surface area (TPSA) is 66.1 Å². The highest BCUT2D eigenvalue weighted by atomic mass is 32.2. The van der Waals surface area contributed by atoms with Crippen LogP contribution in [-0.2, 0) is 22.9 Å². The van der Waals surface area contributed by atoms with Gasteiger partial charge in [0.15, 0.2) is 0 Å². The lowest BCUT2D eigenvalue weighted by Crippen LogP contribution is -2.34. The number of nitrogens with zero attached hydrogens (tertiary/aromatic N) is 2. The van der Waals surface area contributed by atoms with Crippen LogP contribution in [0.1, 0.15) is 18.2 Å². The van der Waals surface area contributed by atoms with Gasteiger partial charge in [-0.05, 0) is 37.6 Å². The summed E-state index contributed by atoms with van der Waals surface area (Å²) in [5.74, 6) is -0.171. The van der Waals surface area contributed by atoms with Crippen molar-refractivity contribution < 1.29 is 12.8 Å². The average Bonchev–Trinajstić information content (AvgIpc) is 2.78. The molecule has 0 amide bonds. The van der Waals surface area contributed by atoms with Gasteiger partial charge in [-0.15, -0.1) is 0 Å². The van der Waals surface area contributed by atoms with Crippen molar-refractivity contribution in [1.29, 1.82) is 0 Å². The van der Waals surface area contributed by atoms with Crippen molar-refractivity contribution in [3.63, 3.8) is 0 Å². The molecule has 0 unspecified atom stereocenters. The largest absolute Gasteiger partial charge is 0.282 e. The zero-order valence-corrected chi connectivity index (χ0v) is 13.2. The number of H-pyrrole nitrogens is 1. The smallest absolute Gasteiger partial charge is 0.213 e. The van der Waals surface area contributed by atoms with E-state index in [-0.39, 0.29) is 11.6 Å². The predicted octanol–water partition coefficient (Wildman–Crippen LogP) is 1.97. The summed E-state index contributed by atoms with van der Waals surface area (Å²) in [6.45, 7) is 2.58. The highest BCUT2D eigenvalue weighted by Gasteiger charge is 2.26. The summed E-state index contributed by atoms with van der Waals surface area (Å²) in [4.78, 5) is 0. The van der Waals surface area contributed by atoms with E-state index >= 15 is 0 Å². The Balaban J connectivity index is 1.90. The number of sulfonamides is 1. The molecule has 0 fully saturated rings. The van der Waals surface area contributed by atoms with Gasteiger partial charge in [-0.3, -0.25) is 5.10 Å². The first kappa shape index (κ1) is 15.2. The standard InChI is InChI=1S/C15H18FN3O2S/c1-2-22(20,21)19-9-7-13-14(8-10-19)17-18-15(13)11-3-5-12(16)6-4-11/h3-6H,2,7-10H2,1H3,(H,17,18). The molecule has 1 aliphatic rings. The average molecular weight is 323 g/mol. The monoisotopic (exact) mass is 323 g/mol. The summed E-state index contributed by atoms with van der Waals surface area (Å²) in [6, 6.07) is 6.19. The molecule has 1 aromatic heterocycles. The van der Waals surface area contributed by atoms with Crippen LogP contribution in [0, 0.1) is 5.82 Å². The number of hydrogen-bond acceptors (Lipinski definition) is 3. The highest BCUT2D eigenvalue weighted by Crippen LogP contribution is 2.27. The molecule has 7 heteroatoms. The van der Waals surface area contributed by atoms with E-state index in [1.165, 1.54) is 16.4 Å². The molecule has 0 saturated carbocycles. The number of halogens is 1. The van der Waals surface area contributed by atoms with Gasteiger partial charge >= 0.3 is 0 Å². The van der Waals surface area contributed by atoms with Gasteiger partial charge < -0.3 is 0 Å². The lowest BCUT2D eigenvalue weighted by Gasteiger charge is -2.18. The minimum absolute atomic E-state index is 0.115. The van der Waals surface area contributed by atoms with Gasteiger partial charge in [0.2, 0.25) is 10.0 Å². The van der Waals surface area contributed by atoms with Crippen LogP contribution in [0.5, 0.6) is 0 Å². The Morgan fingerprint density at radius 2 is 1.91 bits per heavy atom. The predicted molar refractivity (Wildman–Crippen MR) is 82.4 cm³/mol. The van der Waals surface area contributed by atoms with E-state index in [1.54, 1.807) is 19.1 Å². The molecular weight excluding hydrogens is 305 g/mol. The lowest BCUT2D eigenvalue weighted by atomic mass is 10.0.